The molecule has 2 rings (SSSR count). The fourth-order valence-electron chi connectivity index (χ4n) is 2.48. The lowest BCUT2D eigenvalue weighted by Gasteiger charge is -2.18. The van der Waals surface area contributed by atoms with Crippen molar-refractivity contribution in [3.05, 3.63) is 46.3 Å². The molecule has 23 heavy (non-hydrogen) atoms. The first-order valence-corrected chi connectivity index (χ1v) is 8.46. The summed E-state index contributed by atoms with van der Waals surface area (Å²) >= 11 is 0. The fraction of sp³-hybridized carbons (Fsp3) is 0.333. The van der Waals surface area contributed by atoms with Gasteiger partial charge in [0, 0.05) is 0 Å². The third kappa shape index (κ3) is 3.27. The molecule has 0 aliphatic carbocycles. The smallest absolute Gasteiger partial charge is 0.326 e. The van der Waals surface area contributed by atoms with E-state index in [-0.39, 0.29) is 4.90 Å². The highest BCUT2D eigenvalue weighted by Gasteiger charge is 2.31. The van der Waals surface area contributed by atoms with Gasteiger partial charge in [-0.1, -0.05) is 18.2 Å². The number of carboxylic acid groups (broad SMARTS) is 1. The number of hydrogen-bond acceptors (Lipinski definition) is 4. The van der Waals surface area contributed by atoms with Gasteiger partial charge in [0.2, 0.25) is 10.0 Å². The van der Waals surface area contributed by atoms with Crippen LogP contribution in [0.15, 0.2) is 23.1 Å². The molecule has 0 radical (unpaired) electrons. The van der Waals surface area contributed by atoms with Gasteiger partial charge in [0.05, 0.1) is 11.4 Å². The number of sulfonamides is 1. The quantitative estimate of drug-likeness (QED) is 0.769. The number of aliphatic carboxylic acids is 1. The maximum atomic E-state index is 12.6. The number of benzene rings is 1. The SMILES string of the molecule is Cc1cccc(C(NS(=O)(=O)c2c(C)n[nH]c2C)C(=O)O)c1C. The van der Waals surface area contributed by atoms with Crippen LogP contribution in [0.25, 0.3) is 0 Å². The van der Waals surface area contributed by atoms with Crippen LogP contribution in [-0.4, -0.2) is 29.7 Å². The van der Waals surface area contributed by atoms with Crippen molar-refractivity contribution >= 4 is 16.0 Å². The molecule has 0 aliphatic heterocycles. The molecular formula is C15H19N3O4S. The molecule has 0 saturated carbocycles. The summed E-state index contributed by atoms with van der Waals surface area (Å²) in [6.45, 7) is 6.73. The fourth-order valence-corrected chi connectivity index (χ4v) is 4.02. The van der Waals surface area contributed by atoms with E-state index in [0.29, 0.717) is 17.0 Å². The first kappa shape index (κ1) is 17.2. The van der Waals surface area contributed by atoms with Crippen molar-refractivity contribution in [3.8, 4) is 0 Å². The molecule has 7 nitrogen and oxygen atoms in total. The molecule has 2 aromatic rings. The van der Waals surface area contributed by atoms with E-state index in [0.717, 1.165) is 11.1 Å². The van der Waals surface area contributed by atoms with Crippen LogP contribution in [0, 0.1) is 27.7 Å². The van der Waals surface area contributed by atoms with E-state index in [1.165, 1.54) is 0 Å². The Bertz CT molecular complexity index is 836. The van der Waals surface area contributed by atoms with Gasteiger partial charge in [0.25, 0.3) is 0 Å². The highest BCUT2D eigenvalue weighted by atomic mass is 32.2. The van der Waals surface area contributed by atoms with E-state index in [1.807, 2.05) is 13.0 Å². The van der Waals surface area contributed by atoms with Crippen molar-refractivity contribution in [2.75, 3.05) is 0 Å². The Morgan fingerprint density at radius 1 is 1.26 bits per heavy atom. The average molecular weight is 337 g/mol. The van der Waals surface area contributed by atoms with Crippen LogP contribution in [0.2, 0.25) is 0 Å². The zero-order valence-corrected chi connectivity index (χ0v) is 14.2. The van der Waals surface area contributed by atoms with Gasteiger partial charge in [-0.15, -0.1) is 0 Å². The predicted octanol–water partition coefficient (Wildman–Crippen LogP) is 1.75. The Kier molecular flexibility index (Phi) is 4.58. The number of aryl methyl sites for hydroxylation is 3. The minimum absolute atomic E-state index is 0.0194. The highest BCUT2D eigenvalue weighted by molar-refractivity contribution is 7.89. The maximum absolute atomic E-state index is 12.6. The van der Waals surface area contributed by atoms with Crippen molar-refractivity contribution in [2.24, 2.45) is 0 Å². The average Bonchev–Trinajstić information content (AvgIpc) is 2.79. The molecule has 1 aromatic heterocycles. The summed E-state index contributed by atoms with van der Waals surface area (Å²) < 4.78 is 27.4. The second-order valence-corrected chi connectivity index (χ2v) is 7.10. The number of nitrogens with zero attached hydrogens (tertiary/aromatic N) is 1. The van der Waals surface area contributed by atoms with Gasteiger partial charge in [0.15, 0.2) is 0 Å². The summed E-state index contributed by atoms with van der Waals surface area (Å²) in [5, 5.41) is 15.9. The van der Waals surface area contributed by atoms with E-state index < -0.39 is 22.0 Å². The number of carbonyl (C=O) groups is 1. The van der Waals surface area contributed by atoms with E-state index in [2.05, 4.69) is 14.9 Å². The first-order valence-electron chi connectivity index (χ1n) is 6.98. The van der Waals surface area contributed by atoms with Crippen LogP contribution in [0.5, 0.6) is 0 Å². The molecule has 0 fully saturated rings. The van der Waals surface area contributed by atoms with Crippen LogP contribution in [-0.2, 0) is 14.8 Å². The summed E-state index contributed by atoms with van der Waals surface area (Å²) in [6.07, 6.45) is 0. The number of rotatable bonds is 5. The highest BCUT2D eigenvalue weighted by Crippen LogP contribution is 2.24. The lowest BCUT2D eigenvalue weighted by atomic mass is 9.98. The first-order chi connectivity index (χ1) is 10.6. The maximum Gasteiger partial charge on any atom is 0.326 e. The molecule has 8 heteroatoms. The van der Waals surface area contributed by atoms with Crippen molar-refractivity contribution < 1.29 is 18.3 Å². The Balaban J connectivity index is 2.49. The molecular weight excluding hydrogens is 318 g/mol. The van der Waals surface area contributed by atoms with Crippen molar-refractivity contribution in [1.82, 2.24) is 14.9 Å². The van der Waals surface area contributed by atoms with Crippen molar-refractivity contribution in [1.29, 1.82) is 0 Å². The number of nitrogens with one attached hydrogen (secondary N) is 2. The summed E-state index contributed by atoms with van der Waals surface area (Å²) in [7, 11) is -4.02. The van der Waals surface area contributed by atoms with E-state index in [4.69, 9.17) is 0 Å². The molecule has 0 bridgehead atoms. The third-order valence-electron chi connectivity index (χ3n) is 3.81. The largest absolute Gasteiger partial charge is 0.480 e. The van der Waals surface area contributed by atoms with Crippen molar-refractivity contribution in [2.45, 2.75) is 38.6 Å². The Hall–Kier alpha value is -2.19. The van der Waals surface area contributed by atoms with E-state index >= 15 is 0 Å². The predicted molar refractivity (Wildman–Crippen MR) is 84.7 cm³/mol. The van der Waals surface area contributed by atoms with Gasteiger partial charge in [0.1, 0.15) is 10.9 Å². The Labute approximate surface area is 134 Å². The van der Waals surface area contributed by atoms with Crippen molar-refractivity contribution in [3.63, 3.8) is 0 Å². The summed E-state index contributed by atoms with van der Waals surface area (Å²) in [5.74, 6) is -1.26. The van der Waals surface area contributed by atoms with Gasteiger partial charge in [-0.2, -0.15) is 9.82 Å². The third-order valence-corrected chi connectivity index (χ3v) is 5.49. The second kappa shape index (κ2) is 6.13. The standard InChI is InChI=1S/C15H19N3O4S/c1-8-6-5-7-12(9(8)2)13(15(19)20)18-23(21,22)14-10(3)16-17-11(14)4/h5-7,13,18H,1-4H3,(H,16,17)(H,19,20). The van der Waals surface area contributed by atoms with Crippen LogP contribution >= 0.6 is 0 Å². The molecule has 1 atom stereocenters. The second-order valence-electron chi connectivity index (χ2n) is 5.44. The van der Waals surface area contributed by atoms with Gasteiger partial charge < -0.3 is 5.11 Å². The number of carboxylic acids is 1. The van der Waals surface area contributed by atoms with Gasteiger partial charge >= 0.3 is 5.97 Å². The monoisotopic (exact) mass is 337 g/mol. The summed E-state index contributed by atoms with van der Waals surface area (Å²) in [4.78, 5) is 11.6. The van der Waals surface area contributed by atoms with Gasteiger partial charge in [-0.05, 0) is 44.4 Å². The number of hydrogen-bond donors (Lipinski definition) is 3. The lowest BCUT2D eigenvalue weighted by Crippen LogP contribution is -2.34. The van der Waals surface area contributed by atoms with E-state index in [9.17, 15) is 18.3 Å². The molecule has 1 aromatic carbocycles. The van der Waals surface area contributed by atoms with Gasteiger partial charge in [-0.3, -0.25) is 9.89 Å². The molecule has 1 heterocycles. The molecule has 3 N–H and O–H groups in total. The molecule has 0 saturated heterocycles. The van der Waals surface area contributed by atoms with E-state index in [1.54, 1.807) is 32.9 Å². The number of H-pyrrole nitrogens is 1. The van der Waals surface area contributed by atoms with Crippen LogP contribution in [0.1, 0.15) is 34.1 Å². The Morgan fingerprint density at radius 2 is 1.91 bits per heavy atom. The number of aromatic nitrogens is 2. The van der Waals surface area contributed by atoms with Gasteiger partial charge in [-0.25, -0.2) is 8.42 Å². The zero-order valence-electron chi connectivity index (χ0n) is 13.3. The normalized spacial score (nSPS) is 13.0. The molecule has 124 valence electrons. The summed E-state index contributed by atoms with van der Waals surface area (Å²) in [6, 6.07) is 3.79. The minimum Gasteiger partial charge on any atom is -0.480 e. The Morgan fingerprint density at radius 3 is 2.43 bits per heavy atom. The molecule has 0 amide bonds. The zero-order chi connectivity index (χ0) is 17.4. The number of aromatic amines is 1. The van der Waals surface area contributed by atoms with Crippen LogP contribution in [0.3, 0.4) is 0 Å². The topological polar surface area (TPSA) is 112 Å². The lowest BCUT2D eigenvalue weighted by molar-refractivity contribution is -0.139. The van der Waals surface area contributed by atoms with Crippen LogP contribution < -0.4 is 4.72 Å². The summed E-state index contributed by atoms with van der Waals surface area (Å²) in [5.41, 5.74) is 2.70. The molecule has 0 spiro atoms. The minimum atomic E-state index is -4.02. The van der Waals surface area contributed by atoms with Crippen LogP contribution in [0.4, 0.5) is 0 Å². The molecule has 0 aliphatic rings. The molecule has 1 unspecified atom stereocenters.